The molecule has 0 aromatic heterocycles. The maximum Gasteiger partial charge on any atom is 0.0589 e. The standard InChI is InChI=1S/C19H27BrN2/c1-14-6-8-15(9-7-14)10-11-16-4-3-5-17(12-16)19(21)18(20)13-22-2/h3-5,12-15H,6-11,21H2,1-2H3/b19-18+,22-13?. The molecule has 2 rings (SSSR count). The molecule has 3 heteroatoms. The Morgan fingerprint density at radius 2 is 2.05 bits per heavy atom. The predicted molar refractivity (Wildman–Crippen MR) is 100 cm³/mol. The third kappa shape index (κ3) is 4.98. The summed E-state index contributed by atoms with van der Waals surface area (Å²) in [5, 5.41) is 0. The van der Waals surface area contributed by atoms with Crippen molar-refractivity contribution in [3.8, 4) is 0 Å². The fourth-order valence-electron chi connectivity index (χ4n) is 3.20. The predicted octanol–water partition coefficient (Wildman–Crippen LogP) is 5.17. The SMILES string of the molecule is CN=C/C(Br)=C(\N)c1cccc(CCC2CCC(C)CC2)c1. The molecule has 0 bridgehead atoms. The number of nitrogens with two attached hydrogens (primary N) is 1. The minimum Gasteiger partial charge on any atom is -0.397 e. The van der Waals surface area contributed by atoms with Crippen molar-refractivity contribution in [1.82, 2.24) is 0 Å². The molecule has 0 radical (unpaired) electrons. The Morgan fingerprint density at radius 3 is 2.73 bits per heavy atom. The molecule has 0 heterocycles. The summed E-state index contributed by atoms with van der Waals surface area (Å²) in [5.74, 6) is 1.84. The zero-order valence-corrected chi connectivity index (χ0v) is 15.3. The summed E-state index contributed by atoms with van der Waals surface area (Å²) >= 11 is 3.48. The van der Waals surface area contributed by atoms with E-state index in [4.69, 9.17) is 5.73 Å². The fraction of sp³-hybridized carbons (Fsp3) is 0.526. The van der Waals surface area contributed by atoms with Gasteiger partial charge in [0.15, 0.2) is 0 Å². The lowest BCUT2D eigenvalue weighted by atomic mass is 9.80. The van der Waals surface area contributed by atoms with Crippen LogP contribution in [0.1, 0.15) is 50.2 Å². The Hall–Kier alpha value is -1.09. The van der Waals surface area contributed by atoms with E-state index in [-0.39, 0.29) is 0 Å². The number of rotatable bonds is 5. The van der Waals surface area contributed by atoms with Crippen molar-refractivity contribution in [2.45, 2.75) is 45.4 Å². The number of hydrogen-bond donors (Lipinski definition) is 1. The van der Waals surface area contributed by atoms with Gasteiger partial charge in [-0.2, -0.15) is 0 Å². The van der Waals surface area contributed by atoms with Crippen molar-refractivity contribution < 1.29 is 0 Å². The molecule has 0 spiro atoms. The quantitative estimate of drug-likeness (QED) is 0.721. The van der Waals surface area contributed by atoms with Crippen LogP contribution >= 0.6 is 15.9 Å². The van der Waals surface area contributed by atoms with E-state index in [1.165, 1.54) is 37.7 Å². The molecule has 1 fully saturated rings. The lowest BCUT2D eigenvalue weighted by molar-refractivity contribution is 0.278. The van der Waals surface area contributed by atoms with Crippen LogP contribution in [0, 0.1) is 11.8 Å². The highest BCUT2D eigenvalue weighted by Crippen LogP contribution is 2.31. The van der Waals surface area contributed by atoms with Crippen LogP contribution in [-0.2, 0) is 6.42 Å². The summed E-state index contributed by atoms with van der Waals surface area (Å²) in [5.41, 5.74) is 9.39. The molecular weight excluding hydrogens is 336 g/mol. The number of aliphatic imine (C=N–C) groups is 1. The van der Waals surface area contributed by atoms with Crippen LogP contribution < -0.4 is 5.73 Å². The molecule has 0 saturated heterocycles. The first-order chi connectivity index (χ1) is 10.6. The molecule has 0 unspecified atom stereocenters. The van der Waals surface area contributed by atoms with Crippen LogP contribution in [0.4, 0.5) is 0 Å². The highest BCUT2D eigenvalue weighted by atomic mass is 79.9. The second-order valence-electron chi connectivity index (χ2n) is 6.51. The van der Waals surface area contributed by atoms with Crippen molar-refractivity contribution >= 4 is 27.8 Å². The zero-order chi connectivity index (χ0) is 15.9. The van der Waals surface area contributed by atoms with Gasteiger partial charge < -0.3 is 5.73 Å². The van der Waals surface area contributed by atoms with Crippen LogP contribution in [0.25, 0.3) is 5.70 Å². The first kappa shape index (κ1) is 17.3. The maximum absolute atomic E-state index is 6.19. The fourth-order valence-corrected chi connectivity index (χ4v) is 3.64. The van der Waals surface area contributed by atoms with E-state index in [1.54, 1.807) is 13.3 Å². The zero-order valence-electron chi connectivity index (χ0n) is 13.7. The van der Waals surface area contributed by atoms with Crippen LogP contribution in [0.2, 0.25) is 0 Å². The molecule has 0 amide bonds. The Bertz CT molecular complexity index is 540. The average molecular weight is 363 g/mol. The van der Waals surface area contributed by atoms with Crippen LogP contribution in [0.15, 0.2) is 33.7 Å². The molecule has 2 nitrogen and oxygen atoms in total. The van der Waals surface area contributed by atoms with Crippen LogP contribution in [0.3, 0.4) is 0 Å². The van der Waals surface area contributed by atoms with Crippen molar-refractivity contribution in [3.05, 3.63) is 39.9 Å². The van der Waals surface area contributed by atoms with E-state index in [0.29, 0.717) is 0 Å². The summed E-state index contributed by atoms with van der Waals surface area (Å²) < 4.78 is 0.841. The first-order valence-corrected chi connectivity index (χ1v) is 9.06. The maximum atomic E-state index is 6.19. The molecule has 2 N–H and O–H groups in total. The van der Waals surface area contributed by atoms with E-state index in [1.807, 2.05) is 0 Å². The molecule has 1 aromatic rings. The van der Waals surface area contributed by atoms with Crippen molar-refractivity contribution in [2.75, 3.05) is 7.05 Å². The van der Waals surface area contributed by atoms with Gasteiger partial charge in [0.1, 0.15) is 0 Å². The number of hydrogen-bond acceptors (Lipinski definition) is 2. The van der Waals surface area contributed by atoms with Crippen LogP contribution in [-0.4, -0.2) is 13.3 Å². The number of allylic oxidation sites excluding steroid dienone is 1. The molecule has 0 aliphatic heterocycles. The largest absolute Gasteiger partial charge is 0.397 e. The van der Waals surface area contributed by atoms with E-state index >= 15 is 0 Å². The van der Waals surface area contributed by atoms with Gasteiger partial charge in [-0.05, 0) is 57.8 Å². The second-order valence-corrected chi connectivity index (χ2v) is 7.37. The van der Waals surface area contributed by atoms with Gasteiger partial charge in [-0.3, -0.25) is 4.99 Å². The molecule has 1 saturated carbocycles. The third-order valence-electron chi connectivity index (χ3n) is 4.71. The third-order valence-corrected chi connectivity index (χ3v) is 5.35. The highest BCUT2D eigenvalue weighted by molar-refractivity contribution is 9.12. The minimum absolute atomic E-state index is 0.749. The lowest BCUT2D eigenvalue weighted by Gasteiger charge is -2.26. The second kappa shape index (κ2) is 8.52. The lowest BCUT2D eigenvalue weighted by Crippen LogP contribution is -2.13. The molecule has 22 heavy (non-hydrogen) atoms. The first-order valence-electron chi connectivity index (χ1n) is 8.27. The number of aryl methyl sites for hydroxylation is 1. The van der Waals surface area contributed by atoms with Gasteiger partial charge in [0, 0.05) is 13.3 Å². The van der Waals surface area contributed by atoms with Gasteiger partial charge in [-0.15, -0.1) is 0 Å². The summed E-state index contributed by atoms with van der Waals surface area (Å²) in [7, 11) is 1.75. The number of benzene rings is 1. The summed E-state index contributed by atoms with van der Waals surface area (Å²) in [6.45, 7) is 2.38. The van der Waals surface area contributed by atoms with E-state index in [9.17, 15) is 0 Å². The minimum atomic E-state index is 0.749. The molecular formula is C19H27BrN2. The summed E-state index contributed by atoms with van der Waals surface area (Å²) in [4.78, 5) is 4.00. The highest BCUT2D eigenvalue weighted by Gasteiger charge is 2.17. The average Bonchev–Trinajstić information content (AvgIpc) is 2.54. The monoisotopic (exact) mass is 362 g/mol. The topological polar surface area (TPSA) is 38.4 Å². The molecule has 1 aliphatic rings. The van der Waals surface area contributed by atoms with E-state index in [0.717, 1.165) is 34.0 Å². The molecule has 0 atom stereocenters. The van der Waals surface area contributed by atoms with Gasteiger partial charge in [-0.1, -0.05) is 50.8 Å². The Labute approximate surface area is 143 Å². The van der Waals surface area contributed by atoms with E-state index < -0.39 is 0 Å². The Balaban J connectivity index is 1.98. The molecule has 120 valence electrons. The van der Waals surface area contributed by atoms with Crippen molar-refractivity contribution in [2.24, 2.45) is 22.6 Å². The van der Waals surface area contributed by atoms with Gasteiger partial charge in [0.25, 0.3) is 0 Å². The van der Waals surface area contributed by atoms with Crippen LogP contribution in [0.5, 0.6) is 0 Å². The van der Waals surface area contributed by atoms with Gasteiger partial charge in [-0.25, -0.2) is 0 Å². The van der Waals surface area contributed by atoms with E-state index in [2.05, 4.69) is 52.1 Å². The van der Waals surface area contributed by atoms with Crippen molar-refractivity contribution in [1.29, 1.82) is 0 Å². The Morgan fingerprint density at radius 1 is 1.32 bits per heavy atom. The normalized spacial score (nSPS) is 23.6. The van der Waals surface area contributed by atoms with Gasteiger partial charge >= 0.3 is 0 Å². The summed E-state index contributed by atoms with van der Waals surface area (Å²) in [6.07, 6.45) is 9.82. The van der Waals surface area contributed by atoms with Crippen molar-refractivity contribution in [3.63, 3.8) is 0 Å². The number of nitrogens with zero attached hydrogens (tertiary/aromatic N) is 1. The van der Waals surface area contributed by atoms with Gasteiger partial charge in [0.2, 0.25) is 0 Å². The Kier molecular flexibility index (Phi) is 6.69. The molecule has 1 aliphatic carbocycles. The molecule has 1 aromatic carbocycles. The summed E-state index contributed by atoms with van der Waals surface area (Å²) in [6, 6.07) is 8.59. The van der Waals surface area contributed by atoms with Gasteiger partial charge in [0.05, 0.1) is 10.2 Å². The number of halogens is 1. The smallest absolute Gasteiger partial charge is 0.0589 e.